The van der Waals surface area contributed by atoms with E-state index < -0.39 is 0 Å². The SMILES string of the molecule is Cc1ncc(-c2ccc3cnc(NC(=O)CN4C5CCC6CC5C64)cc3c2)n1C. The zero-order valence-corrected chi connectivity index (χ0v) is 16.8. The lowest BCUT2D eigenvalue weighted by Crippen LogP contribution is -2.76. The molecule has 2 aliphatic heterocycles. The number of piperidine rings is 2. The fourth-order valence-corrected chi connectivity index (χ4v) is 5.81. The number of imidazole rings is 1. The first-order valence-electron chi connectivity index (χ1n) is 10.5. The Bertz CT molecular complexity index is 1120. The van der Waals surface area contributed by atoms with Gasteiger partial charge in [-0.25, -0.2) is 9.97 Å². The number of carbonyl (C=O) groups is 1. The van der Waals surface area contributed by atoms with Crippen molar-refractivity contribution in [1.82, 2.24) is 19.4 Å². The number of hydrogen-bond acceptors (Lipinski definition) is 4. The Kier molecular flexibility index (Phi) is 3.63. The molecule has 2 aromatic heterocycles. The van der Waals surface area contributed by atoms with Crippen LogP contribution < -0.4 is 5.32 Å². The maximum Gasteiger partial charge on any atom is 0.239 e. The number of nitrogens with zero attached hydrogens (tertiary/aromatic N) is 4. The van der Waals surface area contributed by atoms with Crippen molar-refractivity contribution in [2.24, 2.45) is 18.9 Å². The second-order valence-electron chi connectivity index (χ2n) is 8.90. The molecule has 0 radical (unpaired) electrons. The van der Waals surface area contributed by atoms with Crippen LogP contribution in [0.2, 0.25) is 0 Å². The average Bonchev–Trinajstić information content (AvgIpc) is 3.05. The average molecular weight is 387 g/mol. The summed E-state index contributed by atoms with van der Waals surface area (Å²) in [6.07, 6.45) is 7.74. The molecular weight excluding hydrogens is 362 g/mol. The van der Waals surface area contributed by atoms with Crippen molar-refractivity contribution in [3.05, 3.63) is 42.5 Å². The molecular formula is C23H25N5O. The molecule has 29 heavy (non-hydrogen) atoms. The number of fused-ring (bicyclic) bond motifs is 2. The smallest absolute Gasteiger partial charge is 0.239 e. The molecule has 1 amide bonds. The van der Waals surface area contributed by atoms with Gasteiger partial charge in [-0.15, -0.1) is 0 Å². The number of aromatic nitrogens is 3. The van der Waals surface area contributed by atoms with Gasteiger partial charge in [0, 0.05) is 36.3 Å². The zero-order valence-electron chi connectivity index (χ0n) is 16.8. The van der Waals surface area contributed by atoms with Gasteiger partial charge in [-0.3, -0.25) is 9.69 Å². The number of amides is 1. The van der Waals surface area contributed by atoms with Crippen molar-refractivity contribution >= 4 is 22.5 Å². The second-order valence-corrected chi connectivity index (χ2v) is 8.90. The number of nitrogens with one attached hydrogen (secondary N) is 1. The Balaban J connectivity index is 1.21. The highest BCUT2D eigenvalue weighted by Crippen LogP contribution is 2.58. The van der Waals surface area contributed by atoms with Gasteiger partial charge >= 0.3 is 0 Å². The molecule has 1 aromatic carbocycles. The molecule has 7 rings (SSSR count). The molecule has 6 heteroatoms. The van der Waals surface area contributed by atoms with E-state index in [0.29, 0.717) is 24.4 Å². The fourth-order valence-electron chi connectivity index (χ4n) is 5.81. The minimum Gasteiger partial charge on any atom is -0.331 e. The lowest BCUT2D eigenvalue weighted by Gasteiger charge is -2.70. The number of hydrogen-bond donors (Lipinski definition) is 1. The topological polar surface area (TPSA) is 63.1 Å². The molecule has 4 fully saturated rings. The van der Waals surface area contributed by atoms with Gasteiger partial charge in [0.05, 0.1) is 18.4 Å². The quantitative estimate of drug-likeness (QED) is 0.746. The van der Waals surface area contributed by atoms with E-state index in [0.717, 1.165) is 39.7 Å². The lowest BCUT2D eigenvalue weighted by atomic mass is 9.51. The third-order valence-corrected chi connectivity index (χ3v) is 7.46. The first-order valence-corrected chi connectivity index (χ1v) is 10.5. The van der Waals surface area contributed by atoms with Crippen LogP contribution >= 0.6 is 0 Å². The summed E-state index contributed by atoms with van der Waals surface area (Å²) in [4.78, 5) is 23.9. The lowest BCUT2D eigenvalue weighted by molar-refractivity contribution is -0.202. The minimum absolute atomic E-state index is 0.0475. The van der Waals surface area contributed by atoms with Crippen LogP contribution in [0.15, 0.2) is 36.7 Å². The molecule has 2 saturated heterocycles. The van der Waals surface area contributed by atoms with E-state index in [1.54, 1.807) is 0 Å². The van der Waals surface area contributed by atoms with Gasteiger partial charge in [0.2, 0.25) is 5.91 Å². The first-order chi connectivity index (χ1) is 14.1. The zero-order chi connectivity index (χ0) is 19.7. The molecule has 2 saturated carbocycles. The third-order valence-electron chi connectivity index (χ3n) is 7.46. The third kappa shape index (κ3) is 2.55. The second kappa shape index (κ2) is 6.13. The van der Waals surface area contributed by atoms with E-state index in [1.165, 1.54) is 19.3 Å². The molecule has 4 bridgehead atoms. The highest BCUT2D eigenvalue weighted by atomic mass is 16.2. The Hall–Kier alpha value is -2.73. The molecule has 4 heterocycles. The van der Waals surface area contributed by atoms with Gasteiger partial charge in [-0.2, -0.15) is 0 Å². The largest absolute Gasteiger partial charge is 0.331 e. The summed E-state index contributed by atoms with van der Waals surface area (Å²) in [6.45, 7) is 2.49. The fraction of sp³-hybridized carbons (Fsp3) is 0.435. The van der Waals surface area contributed by atoms with Gasteiger partial charge in [0.1, 0.15) is 11.6 Å². The number of anilines is 1. The standard InChI is InChI=1S/C23H25N5O/c1-13-24-11-20(27(13)2)14-3-4-16-10-25-21(9-17(16)7-14)26-22(29)12-28-19-6-5-15-8-18(19)23(15)28/h3-4,7,9-11,15,18-19,23H,5-6,8,12H2,1-2H3,(H,25,26,29). The van der Waals surface area contributed by atoms with E-state index in [4.69, 9.17) is 0 Å². The summed E-state index contributed by atoms with van der Waals surface area (Å²) in [5.41, 5.74) is 2.19. The van der Waals surface area contributed by atoms with E-state index in [2.05, 4.69) is 43.0 Å². The number of benzene rings is 1. The molecule has 4 unspecified atom stereocenters. The van der Waals surface area contributed by atoms with Crippen LogP contribution in [-0.2, 0) is 11.8 Å². The number of carbonyl (C=O) groups excluding carboxylic acids is 1. The molecule has 6 nitrogen and oxygen atoms in total. The van der Waals surface area contributed by atoms with Crippen LogP contribution in [0.4, 0.5) is 5.82 Å². The van der Waals surface area contributed by atoms with E-state index in [-0.39, 0.29) is 5.91 Å². The molecule has 1 N–H and O–H groups in total. The van der Waals surface area contributed by atoms with Gasteiger partial charge in [0.15, 0.2) is 0 Å². The molecule has 2 aliphatic carbocycles. The molecule has 148 valence electrons. The Morgan fingerprint density at radius 3 is 2.76 bits per heavy atom. The van der Waals surface area contributed by atoms with Crippen molar-refractivity contribution in [1.29, 1.82) is 0 Å². The van der Waals surface area contributed by atoms with E-state index in [1.807, 2.05) is 32.4 Å². The Morgan fingerprint density at radius 2 is 2.07 bits per heavy atom. The number of rotatable bonds is 4. The van der Waals surface area contributed by atoms with Crippen molar-refractivity contribution in [3.8, 4) is 11.3 Å². The van der Waals surface area contributed by atoms with Gasteiger partial charge in [-0.05, 0) is 55.5 Å². The van der Waals surface area contributed by atoms with Crippen LogP contribution in [0, 0.1) is 18.8 Å². The van der Waals surface area contributed by atoms with Gasteiger partial charge in [-0.1, -0.05) is 12.1 Å². The summed E-state index contributed by atoms with van der Waals surface area (Å²) in [5.74, 6) is 3.36. The summed E-state index contributed by atoms with van der Waals surface area (Å²) < 4.78 is 2.08. The Labute approximate surface area is 169 Å². The Morgan fingerprint density at radius 1 is 1.17 bits per heavy atom. The molecule has 3 aromatic rings. The maximum absolute atomic E-state index is 12.6. The molecule has 4 atom stereocenters. The van der Waals surface area contributed by atoms with Gasteiger partial charge in [0.25, 0.3) is 0 Å². The van der Waals surface area contributed by atoms with Crippen LogP contribution in [0.3, 0.4) is 0 Å². The van der Waals surface area contributed by atoms with Crippen molar-refractivity contribution < 1.29 is 4.79 Å². The van der Waals surface area contributed by atoms with Crippen LogP contribution in [-0.4, -0.2) is 44.0 Å². The molecule has 4 aliphatic rings. The predicted molar refractivity (Wildman–Crippen MR) is 112 cm³/mol. The van der Waals surface area contributed by atoms with Crippen LogP contribution in [0.25, 0.3) is 22.0 Å². The van der Waals surface area contributed by atoms with Gasteiger partial charge < -0.3 is 9.88 Å². The summed E-state index contributed by atoms with van der Waals surface area (Å²) in [5, 5.41) is 5.14. The van der Waals surface area contributed by atoms with Crippen molar-refractivity contribution in [2.75, 3.05) is 11.9 Å². The molecule has 0 spiro atoms. The van der Waals surface area contributed by atoms with E-state index >= 15 is 0 Å². The number of pyridine rings is 1. The number of aryl methyl sites for hydroxylation is 1. The van der Waals surface area contributed by atoms with Crippen molar-refractivity contribution in [3.63, 3.8) is 0 Å². The highest BCUT2D eigenvalue weighted by Gasteiger charge is 2.62. The van der Waals surface area contributed by atoms with Crippen molar-refractivity contribution in [2.45, 2.75) is 38.3 Å². The van der Waals surface area contributed by atoms with Crippen LogP contribution in [0.1, 0.15) is 25.1 Å². The maximum atomic E-state index is 12.6. The van der Waals surface area contributed by atoms with E-state index in [9.17, 15) is 4.79 Å². The first kappa shape index (κ1) is 17.2. The summed E-state index contributed by atoms with van der Waals surface area (Å²) >= 11 is 0. The summed E-state index contributed by atoms with van der Waals surface area (Å²) in [7, 11) is 2.02. The monoisotopic (exact) mass is 387 g/mol. The summed E-state index contributed by atoms with van der Waals surface area (Å²) in [6, 6.07) is 9.58. The predicted octanol–water partition coefficient (Wildman–Crippen LogP) is 3.36. The highest BCUT2D eigenvalue weighted by molar-refractivity contribution is 5.94. The minimum atomic E-state index is 0.0475. The normalized spacial score (nSPS) is 27.4. The van der Waals surface area contributed by atoms with Crippen LogP contribution in [0.5, 0.6) is 0 Å².